The molecule has 2 saturated carbocycles. The largest absolute Gasteiger partial charge is 0.0654 e. The smallest absolute Gasteiger partial charge is 0.0355 e. The van der Waals surface area contributed by atoms with E-state index in [1.165, 1.54) is 37.5 Å². The van der Waals surface area contributed by atoms with Gasteiger partial charge in [-0.3, -0.25) is 0 Å². The zero-order chi connectivity index (χ0) is 8.39. The van der Waals surface area contributed by atoms with Crippen molar-refractivity contribution in [3.05, 3.63) is 0 Å². The van der Waals surface area contributed by atoms with Crippen molar-refractivity contribution in [1.29, 1.82) is 0 Å². The van der Waals surface area contributed by atoms with Gasteiger partial charge in [-0.1, -0.05) is 51.9 Å². The van der Waals surface area contributed by atoms with Crippen LogP contribution in [0, 0.1) is 17.8 Å². The van der Waals surface area contributed by atoms with Gasteiger partial charge in [0.05, 0.1) is 0 Å². The highest BCUT2D eigenvalue weighted by Gasteiger charge is 2.44. The molecule has 2 fully saturated rings. The standard InChI is InChI=1S/C12H22/c1-2-3-4-6-10-7-5-8-11-9-12(10)11/h10-12H,2-9H2,1H3. The lowest BCUT2D eigenvalue weighted by Gasteiger charge is -2.20. The number of rotatable bonds is 4. The Bertz CT molecular complexity index is 139. The van der Waals surface area contributed by atoms with Crippen molar-refractivity contribution < 1.29 is 0 Å². The number of fused-ring (bicyclic) bond motifs is 1. The third-order valence-electron chi connectivity index (χ3n) is 3.91. The molecule has 0 spiro atoms. The van der Waals surface area contributed by atoms with Crippen LogP contribution in [0.25, 0.3) is 0 Å². The highest BCUT2D eigenvalue weighted by molar-refractivity contribution is 4.94. The van der Waals surface area contributed by atoms with E-state index in [-0.39, 0.29) is 0 Å². The minimum Gasteiger partial charge on any atom is -0.0654 e. The molecule has 0 amide bonds. The molecule has 2 aliphatic rings. The Morgan fingerprint density at radius 1 is 1.17 bits per heavy atom. The molecule has 0 nitrogen and oxygen atoms in total. The van der Waals surface area contributed by atoms with Crippen molar-refractivity contribution in [2.45, 2.75) is 58.3 Å². The van der Waals surface area contributed by atoms with E-state index in [0.717, 1.165) is 5.92 Å². The van der Waals surface area contributed by atoms with Crippen molar-refractivity contribution in [3.8, 4) is 0 Å². The molecule has 2 rings (SSSR count). The van der Waals surface area contributed by atoms with Crippen LogP contribution in [-0.2, 0) is 0 Å². The van der Waals surface area contributed by atoms with E-state index in [1.54, 1.807) is 25.7 Å². The fraction of sp³-hybridized carbons (Fsp3) is 1.00. The molecule has 3 unspecified atom stereocenters. The summed E-state index contributed by atoms with van der Waals surface area (Å²) in [5.41, 5.74) is 0. The van der Waals surface area contributed by atoms with Gasteiger partial charge in [0.15, 0.2) is 0 Å². The molecule has 0 aromatic heterocycles. The number of unbranched alkanes of at least 4 members (excludes halogenated alkanes) is 2. The molecule has 0 saturated heterocycles. The Balaban J connectivity index is 1.66. The van der Waals surface area contributed by atoms with Crippen LogP contribution in [0.5, 0.6) is 0 Å². The first-order valence-corrected chi connectivity index (χ1v) is 5.92. The second-order valence-electron chi connectivity index (χ2n) is 4.85. The average molecular weight is 166 g/mol. The van der Waals surface area contributed by atoms with E-state index in [1.807, 2.05) is 0 Å². The molecule has 0 aromatic rings. The normalized spacial score (nSPS) is 39.2. The topological polar surface area (TPSA) is 0 Å². The number of hydrogen-bond acceptors (Lipinski definition) is 0. The maximum absolute atomic E-state index is 2.31. The maximum atomic E-state index is 2.31. The summed E-state index contributed by atoms with van der Waals surface area (Å²) in [6, 6.07) is 0. The molecule has 0 N–H and O–H groups in total. The predicted octanol–water partition coefficient (Wildman–Crippen LogP) is 4.00. The monoisotopic (exact) mass is 166 g/mol. The molecule has 0 heteroatoms. The van der Waals surface area contributed by atoms with Crippen LogP contribution in [0.1, 0.15) is 58.3 Å². The van der Waals surface area contributed by atoms with Gasteiger partial charge < -0.3 is 0 Å². The molecule has 0 aromatic carbocycles. The van der Waals surface area contributed by atoms with Crippen LogP contribution in [0.3, 0.4) is 0 Å². The first kappa shape index (κ1) is 8.59. The van der Waals surface area contributed by atoms with E-state index in [0.29, 0.717) is 0 Å². The second kappa shape index (κ2) is 3.81. The summed E-state index contributed by atoms with van der Waals surface area (Å²) in [5.74, 6) is 3.52. The van der Waals surface area contributed by atoms with Crippen LogP contribution in [0.15, 0.2) is 0 Å². The first-order chi connectivity index (χ1) is 5.92. The summed E-state index contributed by atoms with van der Waals surface area (Å²) in [4.78, 5) is 0. The van der Waals surface area contributed by atoms with E-state index < -0.39 is 0 Å². The summed E-state index contributed by atoms with van der Waals surface area (Å²) in [6.07, 6.45) is 12.2. The molecule has 70 valence electrons. The highest BCUT2D eigenvalue weighted by atomic mass is 14.5. The lowest BCUT2D eigenvalue weighted by molar-refractivity contribution is 0.308. The van der Waals surface area contributed by atoms with Crippen molar-refractivity contribution in [1.82, 2.24) is 0 Å². The summed E-state index contributed by atoms with van der Waals surface area (Å²) in [6.45, 7) is 2.31. The first-order valence-electron chi connectivity index (χ1n) is 5.92. The lowest BCUT2D eigenvalue weighted by atomic mass is 9.85. The third-order valence-corrected chi connectivity index (χ3v) is 3.91. The van der Waals surface area contributed by atoms with E-state index in [2.05, 4.69) is 6.92 Å². The molecule has 12 heavy (non-hydrogen) atoms. The van der Waals surface area contributed by atoms with Gasteiger partial charge in [0.1, 0.15) is 0 Å². The van der Waals surface area contributed by atoms with Crippen LogP contribution >= 0.6 is 0 Å². The zero-order valence-corrected chi connectivity index (χ0v) is 8.39. The van der Waals surface area contributed by atoms with Gasteiger partial charge >= 0.3 is 0 Å². The summed E-state index contributed by atoms with van der Waals surface area (Å²) in [7, 11) is 0. The minimum atomic E-state index is 1.15. The minimum absolute atomic E-state index is 1.15. The van der Waals surface area contributed by atoms with E-state index in [4.69, 9.17) is 0 Å². The van der Waals surface area contributed by atoms with Gasteiger partial charge in [-0.25, -0.2) is 0 Å². The van der Waals surface area contributed by atoms with Crippen LogP contribution in [0.4, 0.5) is 0 Å². The van der Waals surface area contributed by atoms with Gasteiger partial charge in [0.2, 0.25) is 0 Å². The van der Waals surface area contributed by atoms with Gasteiger partial charge in [0.25, 0.3) is 0 Å². The Morgan fingerprint density at radius 2 is 2.08 bits per heavy atom. The van der Waals surface area contributed by atoms with Crippen LogP contribution in [0.2, 0.25) is 0 Å². The molecule has 3 atom stereocenters. The zero-order valence-electron chi connectivity index (χ0n) is 8.39. The maximum Gasteiger partial charge on any atom is -0.0355 e. The molecular formula is C12H22. The number of hydrogen-bond donors (Lipinski definition) is 0. The summed E-state index contributed by atoms with van der Waals surface area (Å²) < 4.78 is 0. The van der Waals surface area contributed by atoms with Crippen molar-refractivity contribution in [3.63, 3.8) is 0 Å². The Labute approximate surface area is 76.7 Å². The fourth-order valence-electron chi connectivity index (χ4n) is 3.05. The van der Waals surface area contributed by atoms with Crippen molar-refractivity contribution >= 4 is 0 Å². The average Bonchev–Trinajstić information content (AvgIpc) is 2.84. The third kappa shape index (κ3) is 1.84. The van der Waals surface area contributed by atoms with Gasteiger partial charge in [-0.05, 0) is 24.2 Å². The fourth-order valence-corrected chi connectivity index (χ4v) is 3.05. The SMILES string of the molecule is CCCCCC1CCCC2CC12. The highest BCUT2D eigenvalue weighted by Crippen LogP contribution is 2.54. The molecule has 2 aliphatic carbocycles. The predicted molar refractivity (Wildman–Crippen MR) is 53.1 cm³/mol. The Morgan fingerprint density at radius 3 is 2.92 bits per heavy atom. The Kier molecular flexibility index (Phi) is 2.73. The Hall–Kier alpha value is 0. The molecule has 0 radical (unpaired) electrons. The lowest BCUT2D eigenvalue weighted by Crippen LogP contribution is -2.09. The molecular weight excluding hydrogens is 144 g/mol. The van der Waals surface area contributed by atoms with Crippen molar-refractivity contribution in [2.75, 3.05) is 0 Å². The van der Waals surface area contributed by atoms with E-state index >= 15 is 0 Å². The van der Waals surface area contributed by atoms with E-state index in [9.17, 15) is 0 Å². The molecule has 0 heterocycles. The second-order valence-corrected chi connectivity index (χ2v) is 4.85. The molecule has 0 bridgehead atoms. The van der Waals surface area contributed by atoms with Gasteiger partial charge in [0, 0.05) is 0 Å². The quantitative estimate of drug-likeness (QED) is 0.554. The summed E-state index contributed by atoms with van der Waals surface area (Å²) in [5, 5.41) is 0. The van der Waals surface area contributed by atoms with Gasteiger partial charge in [-0.15, -0.1) is 0 Å². The van der Waals surface area contributed by atoms with Gasteiger partial charge in [-0.2, -0.15) is 0 Å². The van der Waals surface area contributed by atoms with Crippen molar-refractivity contribution in [2.24, 2.45) is 17.8 Å². The molecule has 0 aliphatic heterocycles. The van der Waals surface area contributed by atoms with Crippen LogP contribution in [-0.4, -0.2) is 0 Å². The summed E-state index contributed by atoms with van der Waals surface area (Å²) >= 11 is 0. The van der Waals surface area contributed by atoms with Crippen LogP contribution < -0.4 is 0 Å².